The van der Waals surface area contributed by atoms with Crippen molar-refractivity contribution in [2.24, 2.45) is 54.2 Å². The number of ether oxygens (including phenoxy) is 12. The second kappa shape index (κ2) is 79.5. The number of esters is 1. The third-order valence-corrected chi connectivity index (χ3v) is 18.6. The van der Waals surface area contributed by atoms with E-state index in [0.29, 0.717) is 38.3 Å². The van der Waals surface area contributed by atoms with E-state index in [1.807, 2.05) is 59.5 Å². The fraction of sp³-hybridized carbons (Fsp3) is 0.720. The van der Waals surface area contributed by atoms with Gasteiger partial charge in [-0.15, -0.1) is 10.2 Å². The van der Waals surface area contributed by atoms with Crippen LogP contribution in [0.4, 0.5) is 0 Å². The number of nitrogens with zero attached hydrogens (tertiary/aromatic N) is 6. The van der Waals surface area contributed by atoms with Crippen LogP contribution in [0.5, 0.6) is 0 Å². The Labute approximate surface area is 823 Å². The second-order valence-corrected chi connectivity index (χ2v) is 34.2. The molecule has 0 bridgehead atoms. The highest BCUT2D eigenvalue weighted by molar-refractivity contribution is 8.07. The van der Waals surface area contributed by atoms with Gasteiger partial charge >= 0.3 is 5.97 Å². The molecule has 39 heteroatoms. The summed E-state index contributed by atoms with van der Waals surface area (Å²) in [5.74, 6) is 2.00. The molecule has 8 unspecified atom stereocenters. The van der Waals surface area contributed by atoms with Gasteiger partial charge in [0.1, 0.15) is 42.7 Å². The average molecular weight is 1990 g/mol. The van der Waals surface area contributed by atoms with Gasteiger partial charge < -0.3 is 114 Å². The van der Waals surface area contributed by atoms with Crippen LogP contribution in [-0.4, -0.2) is 254 Å². The summed E-state index contributed by atoms with van der Waals surface area (Å²) in [5.41, 5.74) is 15.5. The van der Waals surface area contributed by atoms with Gasteiger partial charge in [-0.05, 0) is 138 Å². The molecule has 132 heavy (non-hydrogen) atoms. The summed E-state index contributed by atoms with van der Waals surface area (Å²) in [5, 5.41) is 89.0. The van der Waals surface area contributed by atoms with Gasteiger partial charge in [0.15, 0.2) is 18.9 Å². The Bertz CT molecular complexity index is 3480. The molecular weight excluding hydrogens is 1820 g/mol. The van der Waals surface area contributed by atoms with Crippen molar-refractivity contribution in [3.05, 3.63) is 130 Å². The van der Waals surface area contributed by atoms with E-state index in [2.05, 4.69) is 232 Å². The SMILES string of the molecule is CC.CC(=O)NC1[C@H](OC(C)=O)OC(CC(C)C)[C@@H](C)[C@@H]1C.CC(=O)NC1[C@H](OC(C)C)OC(CO)[C@@H](C)[C@@H]1C.CC(=O)NC1[C@H](OC(C)C)OC(CO)[C@@H](O)[C@@H]1O.CC(C)C.CC(C)C.CC(C)O[C@@H]1OC(CO)[C@@H](O)[C@H](O)C1N.COCc1cc(C)cc(COC)c1.COCc1cc(C)cc(COC)c1.Cc1ccc(Cn2ccnn2)cc1.Cn1ccnn1.S.S.S=S.S=S. The Morgan fingerprint density at radius 3 is 1.09 bits per heavy atom. The monoisotopic (exact) mass is 1990 g/mol. The summed E-state index contributed by atoms with van der Waals surface area (Å²) in [4.78, 5) is 45.0. The third kappa shape index (κ3) is 61.1. The molecule has 0 radical (unpaired) electrons. The van der Waals surface area contributed by atoms with Crippen molar-refractivity contribution in [1.29, 1.82) is 0 Å². The number of aromatic nitrogens is 6. The predicted octanol–water partition coefficient (Wildman–Crippen LogP) is 10.1. The van der Waals surface area contributed by atoms with Gasteiger partial charge in [-0.3, -0.25) is 23.9 Å². The molecule has 0 aliphatic carbocycles. The van der Waals surface area contributed by atoms with E-state index in [9.17, 15) is 44.7 Å². The zero-order valence-electron chi connectivity index (χ0n) is 84.5. The first-order chi connectivity index (χ1) is 61.1. The van der Waals surface area contributed by atoms with E-state index in [1.54, 1.807) is 79.4 Å². The fourth-order valence-electron chi connectivity index (χ4n) is 12.8. The summed E-state index contributed by atoms with van der Waals surface area (Å²) < 4.78 is 67.8. The molecule has 3 aromatic carbocycles. The van der Waals surface area contributed by atoms with Crippen molar-refractivity contribution in [2.45, 2.75) is 343 Å². The number of carbonyl (C=O) groups excluding carboxylic acids is 4. The number of rotatable bonds is 25. The van der Waals surface area contributed by atoms with Crippen LogP contribution in [-0.2, 0) is 161 Å². The summed E-state index contributed by atoms with van der Waals surface area (Å²) >= 11 is 14.7. The Kier molecular flexibility index (Phi) is 82.8. The van der Waals surface area contributed by atoms with Gasteiger partial charge in [0.05, 0.1) is 114 Å². The number of aliphatic hydroxyl groups is 7. The summed E-state index contributed by atoms with van der Waals surface area (Å²) in [7, 11) is 8.65. The number of aliphatic hydroxyl groups excluding tert-OH is 7. The van der Waals surface area contributed by atoms with Gasteiger partial charge in [-0.25, -0.2) is 4.68 Å². The van der Waals surface area contributed by atoms with E-state index in [4.69, 9.17) is 72.8 Å². The molecule has 3 amide bonds. The number of carbonyl (C=O) groups is 4. The van der Waals surface area contributed by atoms with Crippen molar-refractivity contribution >= 4 is 95.4 Å². The Hall–Kier alpha value is -5.36. The number of benzene rings is 3. The molecule has 5 aromatic rings. The minimum absolute atomic E-state index is 0. The summed E-state index contributed by atoms with van der Waals surface area (Å²) in [6.07, 6.45) is -2.20. The van der Waals surface area contributed by atoms with Gasteiger partial charge in [0.2, 0.25) is 24.0 Å². The molecule has 0 spiro atoms. The Morgan fingerprint density at radius 2 is 0.773 bits per heavy atom. The van der Waals surface area contributed by atoms with Gasteiger partial charge in [-0.1, -0.05) is 185 Å². The predicted molar refractivity (Wildman–Crippen MR) is 536 cm³/mol. The lowest BCUT2D eigenvalue weighted by atomic mass is 9.79. The lowest BCUT2D eigenvalue weighted by molar-refractivity contribution is -0.278. The molecule has 0 saturated carbocycles. The first kappa shape index (κ1) is 137. The molecule has 6 heterocycles. The largest absolute Gasteiger partial charge is 0.434 e. The number of methoxy groups -OCH3 is 4. The van der Waals surface area contributed by atoms with Gasteiger partial charge in [0, 0.05) is 120 Å². The zero-order chi connectivity index (χ0) is 101. The van der Waals surface area contributed by atoms with Crippen LogP contribution < -0.4 is 21.7 Å². The minimum Gasteiger partial charge on any atom is -0.434 e. The van der Waals surface area contributed by atoms with Crippen molar-refractivity contribution < 1.29 is 112 Å². The lowest BCUT2D eigenvalue weighted by Gasteiger charge is -2.44. The number of hydrogen-bond donors (Lipinski definition) is 11. The van der Waals surface area contributed by atoms with E-state index in [1.165, 1.54) is 72.2 Å². The van der Waals surface area contributed by atoms with E-state index in [0.717, 1.165) is 24.8 Å². The summed E-state index contributed by atoms with van der Waals surface area (Å²) in [6, 6.07) is 19.0. The van der Waals surface area contributed by atoms with Crippen LogP contribution in [0.15, 0.2) is 85.5 Å². The van der Waals surface area contributed by atoms with Crippen molar-refractivity contribution in [3.8, 4) is 0 Å². The third-order valence-electron chi connectivity index (χ3n) is 18.6. The van der Waals surface area contributed by atoms with E-state index < -0.39 is 86.4 Å². The smallest absolute Gasteiger partial charge is 0.305 e. The van der Waals surface area contributed by atoms with Crippen LogP contribution >= 0.6 is 27.0 Å². The highest BCUT2D eigenvalue weighted by atomic mass is 32.8. The second-order valence-electron chi connectivity index (χ2n) is 34.2. The molecule has 33 nitrogen and oxygen atoms in total. The first-order valence-corrected chi connectivity index (χ1v) is 46.9. The molecule has 4 aliphatic heterocycles. The molecule has 9 rings (SSSR count). The highest BCUT2D eigenvalue weighted by Crippen LogP contribution is 2.35. The molecule has 4 fully saturated rings. The van der Waals surface area contributed by atoms with Crippen molar-refractivity contribution in [2.75, 3.05) is 48.3 Å². The quantitative estimate of drug-likeness (QED) is 0.0242. The van der Waals surface area contributed by atoms with Crippen molar-refractivity contribution in [3.63, 3.8) is 0 Å². The highest BCUT2D eigenvalue weighted by Gasteiger charge is 2.48. The molecule has 20 atom stereocenters. The first-order valence-electron chi connectivity index (χ1n) is 44.2. The Morgan fingerprint density at radius 1 is 0.447 bits per heavy atom. The molecule has 4 aliphatic rings. The number of aryl methyl sites for hydroxylation is 4. The van der Waals surface area contributed by atoms with Crippen LogP contribution in [0.3, 0.4) is 0 Å². The Balaban J connectivity index is -0.000000339. The molecule has 4 saturated heterocycles. The zero-order valence-corrected chi connectivity index (χ0v) is 89.8. The average Bonchev–Trinajstić information content (AvgIpc) is 0.805. The van der Waals surface area contributed by atoms with Gasteiger partial charge in [-0.2, -0.15) is 27.0 Å². The number of hydrogen-bond acceptors (Lipinski definition) is 32. The maximum Gasteiger partial charge on any atom is 0.305 e. The molecule has 766 valence electrons. The van der Waals surface area contributed by atoms with Crippen LogP contribution in [0, 0.1) is 62.2 Å². The number of nitrogens with one attached hydrogen (secondary N) is 3. The minimum atomic E-state index is -1.28. The number of nitrogens with two attached hydrogens (primary N) is 1. The van der Waals surface area contributed by atoms with Crippen LogP contribution in [0.2, 0.25) is 0 Å². The maximum absolute atomic E-state index is 11.3. The maximum atomic E-state index is 11.3. The molecule has 2 aromatic heterocycles. The molecular formula is C93H170N10O23S6. The summed E-state index contributed by atoms with van der Waals surface area (Å²) in [6.45, 7) is 55.0. The number of amides is 3. The van der Waals surface area contributed by atoms with Crippen LogP contribution in [0.1, 0.15) is 217 Å². The normalized spacial score (nSPS) is 24.0. The van der Waals surface area contributed by atoms with E-state index >= 15 is 0 Å². The van der Waals surface area contributed by atoms with E-state index in [-0.39, 0.29) is 118 Å². The van der Waals surface area contributed by atoms with Crippen LogP contribution in [0.25, 0.3) is 0 Å². The lowest BCUT2D eigenvalue weighted by Crippen LogP contribution is -2.64. The van der Waals surface area contributed by atoms with Crippen molar-refractivity contribution in [1.82, 2.24) is 45.9 Å². The fourth-order valence-corrected chi connectivity index (χ4v) is 12.8. The topological polar surface area (TPSA) is 444 Å². The standard InChI is InChI=1S/C15H27NO4.C13H25NO4.C11H21NO6.2C11H16O2.C10H11N3.C9H19NO5.2C4H10.C3H5N3.C2H6.2S2.2H2S/c1-8(2)7-13-9(3)10(4)14(16-11(5)17)15(20-13)19-12(6)18;1-7(2)17-13-12(14-10(5)16)9(4)8(3)11(6-15)18-13;1-5(2)17-11-8(12-6(3)14)10(16)9(15)7(4-13)18-11;2*1-9-4-10(7-12-2)6-11(5-9)8-13-3;1-9-2-4-10(5-3-9)8-13-7-6-11-12-13;1-4(2)14-9-6(10)8(13)7(12)5(3-11)15-9;2*1-4(2)3;1-6-3-2-4-5-6;3*1-2;;/h8-10,13-15H,7H2,1-6H3,(H,16,17);7-9,11-13,15H,6H2,1-5H3,(H,14,16);5,7-11,13,15-16H,4H2,1-3H3,(H,12,14);2*4-6H,7-8H2,1-3H3;2-7H,8H2,1H3;4-9,11-13H,3,10H2,1-2H3;2*4H,1-3H3;2-3H,1H3;1-2H3;;;2*1H2/t9-,10-,13?,14?,15+;8-,9-,11?,12?,13+;7?,8?,9-,10-,11-;;;;5?,6?,7-,8-,9-;;;;;;;;/m001...1......../s1. The van der Waals surface area contributed by atoms with Gasteiger partial charge in [0.25, 0.3) is 0 Å². The molecule has 12 N–H and O–H groups in total.